The van der Waals surface area contributed by atoms with Crippen LogP contribution in [0.25, 0.3) is 11.1 Å². The quantitative estimate of drug-likeness (QED) is 0.389. The van der Waals surface area contributed by atoms with E-state index in [1.165, 1.54) is 80.5 Å². The van der Waals surface area contributed by atoms with Crippen molar-refractivity contribution >= 4 is 18.9 Å². The van der Waals surface area contributed by atoms with Gasteiger partial charge in [0.2, 0.25) is 0 Å². The number of nitrogens with two attached hydrogens (primary N) is 2. The molecule has 0 heterocycles. The molecule has 4 N–H and O–H groups in total. The number of hydrogen-bond acceptors (Lipinski definition) is 3. The minimum Gasteiger partial charge on any atom is -0.246 e. The lowest BCUT2D eigenvalue weighted by atomic mass is 9.99. The van der Waals surface area contributed by atoms with E-state index < -0.39 is 0 Å². The monoisotopic (exact) mass is 395 g/mol. The van der Waals surface area contributed by atoms with Crippen LogP contribution in [0.5, 0.6) is 0 Å². The van der Waals surface area contributed by atoms with E-state index in [1.807, 2.05) is 12.1 Å². The Morgan fingerprint density at radius 2 is 1.14 bits per heavy atom. The lowest BCUT2D eigenvalue weighted by Crippen LogP contribution is -2.38. The van der Waals surface area contributed by atoms with Crippen molar-refractivity contribution in [3.8, 4) is 11.1 Å². The van der Waals surface area contributed by atoms with E-state index in [9.17, 15) is 0 Å². The van der Waals surface area contributed by atoms with Gasteiger partial charge in [0.25, 0.3) is 0 Å². The molecular formula is C24H34N3P. The fraction of sp³-hybridized carbons (Fsp3) is 0.500. The molecule has 0 aliphatic heterocycles. The Kier molecular flexibility index (Phi) is 6.67. The number of hydrogen-bond donors (Lipinski definition) is 2. The van der Waals surface area contributed by atoms with Gasteiger partial charge in [0, 0.05) is 5.56 Å². The third-order valence-corrected chi connectivity index (χ3v) is 10.1. The first-order valence-corrected chi connectivity index (χ1v) is 12.5. The van der Waals surface area contributed by atoms with Crippen molar-refractivity contribution in [1.29, 1.82) is 0 Å². The van der Waals surface area contributed by atoms with Crippen LogP contribution in [0.1, 0.15) is 64.2 Å². The SMILES string of the molecule is NN(N)c1ccccc1-c1ccccc1P(C1CCCCC1)C1CCCCC1. The molecule has 150 valence electrons. The van der Waals surface area contributed by atoms with E-state index in [0.717, 1.165) is 17.0 Å². The van der Waals surface area contributed by atoms with E-state index in [1.54, 1.807) is 5.30 Å². The Bertz CT molecular complexity index is 746. The normalized spacial score (nSPS) is 19.1. The van der Waals surface area contributed by atoms with E-state index in [0.29, 0.717) is 0 Å². The maximum atomic E-state index is 5.98. The first kappa shape index (κ1) is 19.9. The number of rotatable bonds is 5. The summed E-state index contributed by atoms with van der Waals surface area (Å²) in [5.74, 6) is 12.0. The highest BCUT2D eigenvalue weighted by Gasteiger charge is 2.33. The average molecular weight is 396 g/mol. The third kappa shape index (κ3) is 4.27. The number of anilines is 1. The Hall–Kier alpha value is -1.41. The molecule has 0 aromatic heterocycles. The zero-order chi connectivity index (χ0) is 19.3. The zero-order valence-electron chi connectivity index (χ0n) is 16.9. The van der Waals surface area contributed by atoms with Gasteiger partial charge < -0.3 is 0 Å². The maximum absolute atomic E-state index is 5.98. The zero-order valence-corrected chi connectivity index (χ0v) is 17.8. The van der Waals surface area contributed by atoms with Crippen molar-refractivity contribution in [2.45, 2.75) is 75.5 Å². The average Bonchev–Trinajstić information content (AvgIpc) is 2.76. The molecule has 0 unspecified atom stereocenters. The minimum atomic E-state index is -0.168. The molecule has 0 bridgehead atoms. The summed E-state index contributed by atoms with van der Waals surface area (Å²) < 4.78 is 0. The summed E-state index contributed by atoms with van der Waals surface area (Å²) in [6, 6.07) is 17.4. The maximum Gasteiger partial charge on any atom is 0.0775 e. The molecule has 0 radical (unpaired) electrons. The number of hydrazine groups is 2. The van der Waals surface area contributed by atoms with Crippen molar-refractivity contribution in [3.05, 3.63) is 48.5 Å². The first-order valence-electron chi connectivity index (χ1n) is 11.0. The van der Waals surface area contributed by atoms with Crippen LogP contribution >= 0.6 is 7.92 Å². The van der Waals surface area contributed by atoms with Crippen LogP contribution in [0.4, 0.5) is 5.69 Å². The molecule has 0 amide bonds. The molecular weight excluding hydrogens is 361 g/mol. The van der Waals surface area contributed by atoms with Crippen molar-refractivity contribution in [1.82, 2.24) is 0 Å². The van der Waals surface area contributed by atoms with Crippen molar-refractivity contribution < 1.29 is 0 Å². The van der Waals surface area contributed by atoms with Crippen LogP contribution in [0.3, 0.4) is 0 Å². The molecule has 2 aromatic rings. The van der Waals surface area contributed by atoms with Gasteiger partial charge in [0.1, 0.15) is 0 Å². The molecule has 2 aromatic carbocycles. The second kappa shape index (κ2) is 9.39. The van der Waals surface area contributed by atoms with Gasteiger partial charge in [0.15, 0.2) is 0 Å². The van der Waals surface area contributed by atoms with Gasteiger partial charge >= 0.3 is 0 Å². The predicted octanol–water partition coefficient (Wildman–Crippen LogP) is 5.68. The van der Waals surface area contributed by atoms with E-state index >= 15 is 0 Å². The summed E-state index contributed by atoms with van der Waals surface area (Å²) in [4.78, 5) is 0. The molecule has 0 saturated heterocycles. The van der Waals surface area contributed by atoms with Crippen molar-refractivity contribution in [2.75, 3.05) is 5.12 Å². The van der Waals surface area contributed by atoms with E-state index in [-0.39, 0.29) is 7.92 Å². The highest BCUT2D eigenvalue weighted by atomic mass is 31.1. The van der Waals surface area contributed by atoms with Crippen LogP contribution in [-0.2, 0) is 0 Å². The van der Waals surface area contributed by atoms with Gasteiger partial charge in [0.05, 0.1) is 5.69 Å². The summed E-state index contributed by atoms with van der Waals surface area (Å²) in [7, 11) is -0.168. The van der Waals surface area contributed by atoms with Crippen LogP contribution in [0.15, 0.2) is 48.5 Å². The fourth-order valence-corrected chi connectivity index (χ4v) is 9.22. The first-order chi connectivity index (χ1) is 13.8. The summed E-state index contributed by atoms with van der Waals surface area (Å²) in [5, 5.41) is 2.86. The standard InChI is InChI=1S/C24H34N3P/c25-27(26)23-17-9-7-15-21(23)22-16-8-10-18-24(22)28(19-11-3-1-4-12-19)20-13-5-2-6-14-20/h7-10,15-20H,1-6,11-14,25-26H2. The third-order valence-electron chi connectivity index (χ3n) is 6.59. The van der Waals surface area contributed by atoms with Gasteiger partial charge in [-0.25, -0.2) is 16.8 Å². The Morgan fingerprint density at radius 3 is 1.71 bits per heavy atom. The van der Waals surface area contributed by atoms with Gasteiger partial charge in [-0.15, -0.1) is 0 Å². The molecule has 0 spiro atoms. The van der Waals surface area contributed by atoms with Crippen molar-refractivity contribution in [3.63, 3.8) is 0 Å². The van der Waals surface area contributed by atoms with Crippen molar-refractivity contribution in [2.24, 2.45) is 11.7 Å². The smallest absolute Gasteiger partial charge is 0.0775 e. The Morgan fingerprint density at radius 1 is 0.643 bits per heavy atom. The number of benzene rings is 2. The fourth-order valence-electron chi connectivity index (χ4n) is 5.26. The molecule has 2 saturated carbocycles. The van der Waals surface area contributed by atoms with Crippen LogP contribution in [-0.4, -0.2) is 11.3 Å². The number of para-hydroxylation sites is 1. The van der Waals surface area contributed by atoms with Gasteiger partial charge in [-0.2, -0.15) is 0 Å². The summed E-state index contributed by atoms with van der Waals surface area (Å²) in [6.45, 7) is 0. The Balaban J connectivity index is 1.79. The predicted molar refractivity (Wildman–Crippen MR) is 123 cm³/mol. The summed E-state index contributed by atoms with van der Waals surface area (Å²) >= 11 is 0. The molecule has 2 fully saturated rings. The lowest BCUT2D eigenvalue weighted by molar-refractivity contribution is 0.487. The molecule has 28 heavy (non-hydrogen) atoms. The molecule has 4 heteroatoms. The van der Waals surface area contributed by atoms with Crippen LogP contribution in [0, 0.1) is 0 Å². The molecule has 0 atom stereocenters. The minimum absolute atomic E-state index is 0.168. The van der Waals surface area contributed by atoms with Gasteiger partial charge in [-0.3, -0.25) is 0 Å². The molecule has 2 aliphatic carbocycles. The van der Waals surface area contributed by atoms with Crippen LogP contribution < -0.4 is 22.1 Å². The highest BCUT2D eigenvalue weighted by Crippen LogP contribution is 2.56. The lowest BCUT2D eigenvalue weighted by Gasteiger charge is -2.39. The van der Waals surface area contributed by atoms with E-state index in [4.69, 9.17) is 11.7 Å². The Labute approximate surface area is 171 Å². The second-order valence-corrected chi connectivity index (χ2v) is 11.2. The second-order valence-electron chi connectivity index (χ2n) is 8.43. The van der Waals surface area contributed by atoms with Gasteiger partial charge in [-0.05, 0) is 53.9 Å². The van der Waals surface area contributed by atoms with E-state index in [2.05, 4.69) is 36.4 Å². The molecule has 2 aliphatic rings. The number of nitrogens with zero attached hydrogens (tertiary/aromatic N) is 1. The topological polar surface area (TPSA) is 55.3 Å². The summed E-state index contributed by atoms with van der Waals surface area (Å²) in [5.41, 5.74) is 5.18. The summed E-state index contributed by atoms with van der Waals surface area (Å²) in [6.07, 6.45) is 14.1. The largest absolute Gasteiger partial charge is 0.246 e. The van der Waals surface area contributed by atoms with Crippen LogP contribution in [0.2, 0.25) is 0 Å². The van der Waals surface area contributed by atoms with Gasteiger partial charge in [-0.1, -0.05) is 88.9 Å². The highest BCUT2D eigenvalue weighted by molar-refractivity contribution is 7.67. The molecule has 3 nitrogen and oxygen atoms in total. The molecule has 4 rings (SSSR count).